The van der Waals surface area contributed by atoms with E-state index in [4.69, 9.17) is 6.48 Å². The van der Waals surface area contributed by atoms with Crippen LogP contribution in [0.25, 0.3) is 0 Å². The summed E-state index contributed by atoms with van der Waals surface area (Å²) in [5.74, 6) is -0.302. The SMILES string of the molecule is [3H]CC(=O)C(C)(C)[C@@H](O)CCO.[Sg].[Sg]. The van der Waals surface area contributed by atoms with Gasteiger partial charge in [0.2, 0.25) is 0 Å². The van der Waals surface area contributed by atoms with Gasteiger partial charge in [-0.25, -0.2) is 0 Å². The average molecular weight is 700 g/mol. The summed E-state index contributed by atoms with van der Waals surface area (Å²) < 4.78 is 6.87. The van der Waals surface area contributed by atoms with Gasteiger partial charge in [-0.15, -0.1) is 0 Å². The molecule has 3 nitrogen and oxygen atoms in total. The van der Waals surface area contributed by atoms with Crippen LogP contribution in [0.2, 0.25) is 0 Å². The van der Waals surface area contributed by atoms with Crippen molar-refractivity contribution < 1.29 is 16.4 Å². The van der Waals surface area contributed by atoms with Crippen molar-refractivity contribution in [1.82, 2.24) is 0 Å². The van der Waals surface area contributed by atoms with Crippen LogP contribution in [0, 0.1) is 5.41 Å². The van der Waals surface area contributed by atoms with Gasteiger partial charge in [-0.3, -0.25) is 4.79 Å². The van der Waals surface area contributed by atoms with Gasteiger partial charge in [-0.05, 0) is 13.3 Å². The summed E-state index contributed by atoms with van der Waals surface area (Å²) in [6, 6.07) is 0. The molecule has 13 heavy (non-hydrogen) atoms. The molecule has 0 aromatic heterocycles. The van der Waals surface area contributed by atoms with E-state index in [1.165, 1.54) is 0 Å². The second-order valence-corrected chi connectivity index (χ2v) is 3.17. The van der Waals surface area contributed by atoms with E-state index in [-0.39, 0.29) is 25.7 Å². The average Bonchev–Trinajstić information content (AvgIpc) is 2.03. The van der Waals surface area contributed by atoms with Gasteiger partial charge in [-0.2, -0.15) is 0 Å². The zero-order valence-electron chi connectivity index (χ0n) is 9.42. The standard InChI is InChI=1S/C8H16O3.2Sg/c1-6(10)8(2,3)7(11)4-5-9;;/h7,9,11H,4-5H2,1-3H3;;/t7-;;/m0../s1/i1T;;. The smallest absolute Gasteiger partial charge is 0.137 e. The predicted molar refractivity (Wildman–Crippen MR) is 42.2 cm³/mol. The molecule has 0 rings (SSSR count). The van der Waals surface area contributed by atoms with Gasteiger partial charge >= 0.3 is 0 Å². The first-order valence-electron chi connectivity index (χ1n) is 4.29. The van der Waals surface area contributed by atoms with E-state index >= 15 is 0 Å². The quantitative estimate of drug-likeness (QED) is 0.446. The summed E-state index contributed by atoms with van der Waals surface area (Å²) in [7, 11) is 0. The third-order valence-corrected chi connectivity index (χ3v) is 1.95. The normalized spacial score (nSPS) is 13.4. The van der Waals surface area contributed by atoms with Crippen LogP contribution in [-0.4, -0.2) is 28.7 Å². The van der Waals surface area contributed by atoms with Gasteiger partial charge in [-0.1, -0.05) is 13.8 Å². The molecule has 0 heterocycles. The molecule has 0 aliphatic carbocycles. The fourth-order valence-electron chi connectivity index (χ4n) is 0.669. The molecule has 5 heteroatoms. The van der Waals surface area contributed by atoms with Crippen LogP contribution in [0.3, 0.4) is 0 Å². The van der Waals surface area contributed by atoms with Gasteiger partial charge in [0.05, 0.1) is 6.10 Å². The van der Waals surface area contributed by atoms with Crippen LogP contribution in [0.4, 0.5) is 0 Å². The molecule has 0 aliphatic rings. The summed E-state index contributed by atoms with van der Waals surface area (Å²) >= 11 is 0. The minimum Gasteiger partial charge on any atom is -0.396 e. The molecule has 0 saturated carbocycles. The number of Topliss-reactive ketones (excluding diaryl/α,β-unsaturated/α-hetero) is 1. The van der Waals surface area contributed by atoms with E-state index < -0.39 is 11.5 Å². The third kappa shape index (κ3) is 3.49. The molecule has 0 spiro atoms. The summed E-state index contributed by atoms with van der Waals surface area (Å²) in [5, 5.41) is 18.0. The van der Waals surface area contributed by atoms with Gasteiger partial charge in [0.25, 0.3) is 0 Å². The fourth-order valence-corrected chi connectivity index (χ4v) is 0.669. The Morgan fingerprint density at radius 2 is 2.00 bits per heavy atom. The first-order valence-corrected chi connectivity index (χ1v) is 3.58. The van der Waals surface area contributed by atoms with Gasteiger partial charge in [0.15, 0.2) is 0 Å². The number of aliphatic hydroxyl groups is 2. The molecular formula is C8H16O3Sg2. The second-order valence-electron chi connectivity index (χ2n) is 3.17. The van der Waals surface area contributed by atoms with Crippen molar-refractivity contribution in [2.75, 3.05) is 6.61 Å². The molecule has 0 unspecified atom stereocenters. The molecule has 0 fully saturated rings. The van der Waals surface area contributed by atoms with Crippen LogP contribution in [-0.2, 0) is 4.79 Å². The number of hydrogen-bond acceptors (Lipinski definition) is 3. The first kappa shape index (κ1) is 13.2. The van der Waals surface area contributed by atoms with Crippen LogP contribution in [0.15, 0.2) is 0 Å². The summed E-state index contributed by atoms with van der Waals surface area (Å²) in [6.07, 6.45) is -0.681. The second kappa shape index (κ2) is 5.27. The van der Waals surface area contributed by atoms with Crippen molar-refractivity contribution in [3.8, 4) is 0 Å². The molecule has 1 atom stereocenters. The Kier molecular flexibility index (Phi) is 5.35. The molecule has 2 N–H and O–H groups in total. The van der Waals surface area contributed by atoms with Crippen molar-refractivity contribution in [1.29, 1.82) is 0 Å². The summed E-state index contributed by atoms with van der Waals surface area (Å²) in [6.45, 7) is 2.71. The zero-order valence-corrected chi connectivity index (χ0v) is 21.4. The maximum Gasteiger partial charge on any atom is 0.137 e. The van der Waals surface area contributed by atoms with Crippen molar-refractivity contribution >= 4 is 5.78 Å². The Hall–Kier alpha value is -2.41. The summed E-state index contributed by atoms with van der Waals surface area (Å²) in [5.41, 5.74) is -0.912. The molecule has 0 saturated heterocycles. The first-order chi connectivity index (χ1) is 5.46. The number of ketones is 1. The Morgan fingerprint density at radius 1 is 1.54 bits per heavy atom. The largest absolute Gasteiger partial charge is 0.396 e. The van der Waals surface area contributed by atoms with Crippen molar-refractivity contribution in [2.24, 2.45) is 5.41 Å². The number of carbonyl (C=O) groups is 1. The van der Waals surface area contributed by atoms with Gasteiger partial charge in [0, 0.05) is 13.4 Å². The van der Waals surface area contributed by atoms with E-state index in [1.807, 2.05) is 0 Å². The van der Waals surface area contributed by atoms with E-state index in [1.54, 1.807) is 13.8 Å². The maximum absolute atomic E-state index is 11.1. The van der Waals surface area contributed by atoms with E-state index in [9.17, 15) is 9.90 Å². The predicted octanol–water partition coefficient (Wildman–Crippen LogP) is 0.345. The van der Waals surface area contributed by atoms with Crippen LogP contribution >= 0.6 is 0 Å². The molecular weight excluding hydrogens is 682 g/mol. The monoisotopic (exact) mass is 704 g/mol. The summed E-state index contributed by atoms with van der Waals surface area (Å²) in [4.78, 5) is 11.1. The van der Waals surface area contributed by atoms with E-state index in [0.717, 1.165) is 0 Å². The maximum atomic E-state index is 11.1. The van der Waals surface area contributed by atoms with Gasteiger partial charge < -0.3 is 10.2 Å². The topological polar surface area (TPSA) is 57.5 Å². The fraction of sp³-hybridized carbons (Fsp3) is 0.875. The minimum atomic E-state index is -0.912. The van der Waals surface area contributed by atoms with E-state index in [2.05, 4.69) is 0 Å². The molecule has 0 aliphatic heterocycles. The number of rotatable bonds is 4. The molecule has 0 amide bonds. The molecule has 0 aromatic rings. The number of carbonyl (C=O) groups excluding carboxylic acids is 1. The Morgan fingerprint density at radius 3 is 2.31 bits per heavy atom. The van der Waals surface area contributed by atoms with Crippen molar-refractivity contribution in [3.63, 3.8) is 0 Å². The van der Waals surface area contributed by atoms with Crippen molar-refractivity contribution in [2.45, 2.75) is 33.3 Å². The number of aliphatic hydroxyl groups excluding tert-OH is 2. The Labute approximate surface area is 68.4 Å². The molecule has 0 aromatic carbocycles. The molecule has 70 valence electrons. The molecule has 0 radical (unpaired) electrons. The third-order valence-electron chi connectivity index (χ3n) is 1.95. The molecule has 0 bridgehead atoms. The van der Waals surface area contributed by atoms with Crippen LogP contribution < -0.4 is 0 Å². The van der Waals surface area contributed by atoms with Gasteiger partial charge in [0.1, 0.15) is 5.78 Å². The Bertz CT molecular complexity index is 165. The zero-order chi connectivity index (χ0) is 9.78. The Balaban J connectivity index is -0.000000605. The minimum absolute atomic E-state index is 0. The number of hydrogen-bond donors (Lipinski definition) is 2. The van der Waals surface area contributed by atoms with Crippen LogP contribution in [0.1, 0.15) is 28.5 Å². The van der Waals surface area contributed by atoms with Crippen LogP contribution in [0.5, 0.6) is 0 Å². The van der Waals surface area contributed by atoms with Crippen molar-refractivity contribution in [3.05, 3.63) is 0 Å². The van der Waals surface area contributed by atoms with E-state index in [0.29, 0.717) is 0 Å².